The first kappa shape index (κ1) is 13.5. The second-order valence-electron chi connectivity index (χ2n) is 4.45. The van der Waals surface area contributed by atoms with E-state index in [9.17, 15) is 4.79 Å². The SMILES string of the molecule is CCCC(C)NC(=O)c1ccncc1N(C)C. The summed E-state index contributed by atoms with van der Waals surface area (Å²) in [5.74, 6) is -0.0305. The number of carbonyl (C=O) groups excluding carboxylic acids is 1. The van der Waals surface area contributed by atoms with E-state index in [4.69, 9.17) is 0 Å². The number of nitrogens with one attached hydrogen (secondary N) is 1. The van der Waals surface area contributed by atoms with Crippen molar-refractivity contribution in [1.29, 1.82) is 0 Å². The van der Waals surface area contributed by atoms with E-state index in [-0.39, 0.29) is 11.9 Å². The van der Waals surface area contributed by atoms with Crippen LogP contribution in [0.4, 0.5) is 5.69 Å². The lowest BCUT2D eigenvalue weighted by Crippen LogP contribution is -2.33. The van der Waals surface area contributed by atoms with Gasteiger partial charge in [0.05, 0.1) is 17.4 Å². The van der Waals surface area contributed by atoms with Crippen molar-refractivity contribution in [1.82, 2.24) is 10.3 Å². The van der Waals surface area contributed by atoms with Crippen LogP contribution < -0.4 is 10.2 Å². The molecule has 1 amide bonds. The van der Waals surface area contributed by atoms with Gasteiger partial charge in [-0.25, -0.2) is 0 Å². The third-order valence-electron chi connectivity index (χ3n) is 2.63. The number of aromatic nitrogens is 1. The van der Waals surface area contributed by atoms with Crippen molar-refractivity contribution in [2.75, 3.05) is 19.0 Å². The fourth-order valence-corrected chi connectivity index (χ4v) is 1.74. The lowest BCUT2D eigenvalue weighted by atomic mass is 10.1. The summed E-state index contributed by atoms with van der Waals surface area (Å²) in [5.41, 5.74) is 1.52. The zero-order chi connectivity index (χ0) is 12.8. The minimum Gasteiger partial charge on any atom is -0.376 e. The van der Waals surface area contributed by atoms with Crippen molar-refractivity contribution in [2.45, 2.75) is 32.7 Å². The molecule has 1 heterocycles. The summed E-state index contributed by atoms with van der Waals surface area (Å²) in [6.07, 6.45) is 5.41. The summed E-state index contributed by atoms with van der Waals surface area (Å²) in [7, 11) is 3.81. The highest BCUT2D eigenvalue weighted by molar-refractivity contribution is 5.99. The van der Waals surface area contributed by atoms with Gasteiger partial charge in [-0.1, -0.05) is 13.3 Å². The number of pyridine rings is 1. The summed E-state index contributed by atoms with van der Waals surface area (Å²) < 4.78 is 0. The van der Waals surface area contributed by atoms with Gasteiger partial charge in [-0.15, -0.1) is 0 Å². The average molecular weight is 235 g/mol. The van der Waals surface area contributed by atoms with Crippen LogP contribution in [0.15, 0.2) is 18.5 Å². The largest absolute Gasteiger partial charge is 0.376 e. The minimum atomic E-state index is -0.0305. The Bertz CT molecular complexity index is 377. The van der Waals surface area contributed by atoms with Gasteiger partial charge in [0.2, 0.25) is 0 Å². The maximum absolute atomic E-state index is 12.1. The van der Waals surface area contributed by atoms with E-state index >= 15 is 0 Å². The molecule has 1 unspecified atom stereocenters. The van der Waals surface area contributed by atoms with Crippen molar-refractivity contribution in [2.24, 2.45) is 0 Å². The third-order valence-corrected chi connectivity index (χ3v) is 2.63. The third kappa shape index (κ3) is 3.73. The van der Waals surface area contributed by atoms with Crippen molar-refractivity contribution in [3.8, 4) is 0 Å². The van der Waals surface area contributed by atoms with E-state index in [1.165, 1.54) is 0 Å². The molecule has 0 aliphatic rings. The standard InChI is InChI=1S/C13H21N3O/c1-5-6-10(2)15-13(17)11-7-8-14-9-12(11)16(3)4/h7-10H,5-6H2,1-4H3,(H,15,17). The predicted molar refractivity (Wildman–Crippen MR) is 70.4 cm³/mol. The Morgan fingerprint density at radius 3 is 2.82 bits per heavy atom. The van der Waals surface area contributed by atoms with Crippen LogP contribution in [-0.4, -0.2) is 31.0 Å². The Balaban J connectivity index is 2.81. The van der Waals surface area contributed by atoms with Gasteiger partial charge in [0, 0.05) is 26.3 Å². The summed E-state index contributed by atoms with van der Waals surface area (Å²) in [6.45, 7) is 4.14. The van der Waals surface area contributed by atoms with Crippen LogP contribution in [-0.2, 0) is 0 Å². The van der Waals surface area contributed by atoms with Gasteiger partial charge >= 0.3 is 0 Å². The fourth-order valence-electron chi connectivity index (χ4n) is 1.74. The molecule has 0 bridgehead atoms. The molecule has 4 heteroatoms. The number of rotatable bonds is 5. The molecule has 1 aromatic rings. The molecule has 0 radical (unpaired) electrons. The normalized spacial score (nSPS) is 12.0. The number of anilines is 1. The lowest BCUT2D eigenvalue weighted by molar-refractivity contribution is 0.0939. The first-order valence-corrected chi connectivity index (χ1v) is 5.98. The summed E-state index contributed by atoms with van der Waals surface area (Å²) >= 11 is 0. The molecular formula is C13H21N3O. The van der Waals surface area contributed by atoms with Crippen LogP contribution >= 0.6 is 0 Å². The molecular weight excluding hydrogens is 214 g/mol. The number of carbonyl (C=O) groups is 1. The Hall–Kier alpha value is -1.58. The molecule has 1 atom stereocenters. The van der Waals surface area contributed by atoms with Gasteiger partial charge in [0.1, 0.15) is 0 Å². The van der Waals surface area contributed by atoms with E-state index in [1.54, 1.807) is 18.5 Å². The van der Waals surface area contributed by atoms with E-state index < -0.39 is 0 Å². The highest BCUT2D eigenvalue weighted by atomic mass is 16.1. The Kier molecular flexibility index (Phi) is 4.94. The van der Waals surface area contributed by atoms with Crippen LogP contribution in [0.3, 0.4) is 0 Å². The Morgan fingerprint density at radius 2 is 2.24 bits per heavy atom. The summed E-state index contributed by atoms with van der Waals surface area (Å²) in [6, 6.07) is 1.96. The monoisotopic (exact) mass is 235 g/mol. The highest BCUT2D eigenvalue weighted by Crippen LogP contribution is 2.16. The van der Waals surface area contributed by atoms with Gasteiger partial charge in [0.25, 0.3) is 5.91 Å². The average Bonchev–Trinajstić information content (AvgIpc) is 2.29. The molecule has 0 spiro atoms. The lowest BCUT2D eigenvalue weighted by Gasteiger charge is -2.18. The predicted octanol–water partition coefficient (Wildman–Crippen LogP) is 2.07. The van der Waals surface area contributed by atoms with Crippen LogP contribution in [0.2, 0.25) is 0 Å². The zero-order valence-electron chi connectivity index (χ0n) is 11.0. The molecule has 1 rings (SSSR count). The second kappa shape index (κ2) is 6.23. The first-order chi connectivity index (χ1) is 8.06. The van der Waals surface area contributed by atoms with Crippen LogP contribution in [0, 0.1) is 0 Å². The first-order valence-electron chi connectivity index (χ1n) is 5.98. The maximum atomic E-state index is 12.1. The minimum absolute atomic E-state index is 0.0305. The molecule has 0 aliphatic heterocycles. The maximum Gasteiger partial charge on any atom is 0.253 e. The molecule has 1 aromatic heterocycles. The van der Waals surface area contributed by atoms with Crippen molar-refractivity contribution >= 4 is 11.6 Å². The van der Waals surface area contributed by atoms with Crippen LogP contribution in [0.1, 0.15) is 37.0 Å². The molecule has 0 saturated carbocycles. The van der Waals surface area contributed by atoms with Crippen molar-refractivity contribution in [3.63, 3.8) is 0 Å². The van der Waals surface area contributed by atoms with Gasteiger partial charge < -0.3 is 10.2 Å². The fraction of sp³-hybridized carbons (Fsp3) is 0.538. The van der Waals surface area contributed by atoms with E-state index in [0.29, 0.717) is 5.56 Å². The van der Waals surface area contributed by atoms with Crippen molar-refractivity contribution < 1.29 is 4.79 Å². The van der Waals surface area contributed by atoms with Crippen LogP contribution in [0.5, 0.6) is 0 Å². The zero-order valence-corrected chi connectivity index (χ0v) is 11.0. The molecule has 17 heavy (non-hydrogen) atoms. The second-order valence-corrected chi connectivity index (χ2v) is 4.45. The molecule has 0 aromatic carbocycles. The molecule has 4 nitrogen and oxygen atoms in total. The number of amides is 1. The van der Waals surface area contributed by atoms with Crippen molar-refractivity contribution in [3.05, 3.63) is 24.0 Å². The quantitative estimate of drug-likeness (QED) is 0.849. The van der Waals surface area contributed by atoms with Gasteiger partial charge in [-0.3, -0.25) is 9.78 Å². The number of hydrogen-bond donors (Lipinski definition) is 1. The van der Waals surface area contributed by atoms with Gasteiger partial charge in [0.15, 0.2) is 0 Å². The molecule has 0 saturated heterocycles. The van der Waals surface area contributed by atoms with E-state index in [2.05, 4.69) is 17.2 Å². The molecule has 94 valence electrons. The van der Waals surface area contributed by atoms with E-state index in [0.717, 1.165) is 18.5 Å². The summed E-state index contributed by atoms with van der Waals surface area (Å²) in [4.78, 5) is 18.0. The van der Waals surface area contributed by atoms with E-state index in [1.807, 2.05) is 25.9 Å². The van der Waals surface area contributed by atoms with Gasteiger partial charge in [-0.2, -0.15) is 0 Å². The van der Waals surface area contributed by atoms with Crippen LogP contribution in [0.25, 0.3) is 0 Å². The smallest absolute Gasteiger partial charge is 0.253 e. The Morgan fingerprint density at radius 1 is 1.53 bits per heavy atom. The molecule has 0 aliphatic carbocycles. The van der Waals surface area contributed by atoms with Gasteiger partial charge in [-0.05, 0) is 19.4 Å². The topological polar surface area (TPSA) is 45.2 Å². The number of nitrogens with zero attached hydrogens (tertiary/aromatic N) is 2. The molecule has 0 fully saturated rings. The summed E-state index contributed by atoms with van der Waals surface area (Å²) in [5, 5.41) is 3.00. The number of hydrogen-bond acceptors (Lipinski definition) is 3. The highest BCUT2D eigenvalue weighted by Gasteiger charge is 2.14. The molecule has 1 N–H and O–H groups in total. The Labute approximate surface area is 103 Å².